The number of hydrogen-bond acceptors (Lipinski definition) is 6. The van der Waals surface area contributed by atoms with Gasteiger partial charge in [-0.2, -0.15) is 0 Å². The number of fused-ring (bicyclic) bond motifs is 1. The number of amides is 2. The molecule has 38 heavy (non-hydrogen) atoms. The van der Waals surface area contributed by atoms with Gasteiger partial charge in [0.15, 0.2) is 11.5 Å². The number of nitrogens with zero attached hydrogens (tertiary/aromatic N) is 3. The second kappa shape index (κ2) is 11.3. The molecule has 7 nitrogen and oxygen atoms in total. The van der Waals surface area contributed by atoms with E-state index in [1.807, 2.05) is 53.4 Å². The Morgan fingerprint density at radius 2 is 1.66 bits per heavy atom. The van der Waals surface area contributed by atoms with E-state index in [2.05, 4.69) is 29.2 Å². The highest BCUT2D eigenvalue weighted by Gasteiger charge is 2.29. The third-order valence-electron chi connectivity index (χ3n) is 6.92. The number of hydrogen-bond donors (Lipinski definition) is 0. The summed E-state index contributed by atoms with van der Waals surface area (Å²) < 4.78 is 10.7. The molecule has 1 fully saturated rings. The van der Waals surface area contributed by atoms with Gasteiger partial charge in [-0.1, -0.05) is 48.2 Å². The maximum Gasteiger partial charge on any atom is 0.264 e. The van der Waals surface area contributed by atoms with Crippen molar-refractivity contribution in [3.05, 3.63) is 88.3 Å². The molecule has 5 rings (SSSR count). The Bertz CT molecular complexity index is 1370. The number of carbonyl (C=O) groups is 2. The van der Waals surface area contributed by atoms with Crippen LogP contribution < -0.4 is 14.4 Å². The molecule has 2 aliphatic heterocycles. The molecule has 0 saturated carbocycles. The van der Waals surface area contributed by atoms with Gasteiger partial charge in [0.1, 0.15) is 0 Å². The Hall–Kier alpha value is -3.75. The number of methoxy groups -OCH3 is 2. The molecule has 0 radical (unpaired) electrons. The highest BCUT2D eigenvalue weighted by molar-refractivity contribution is 8.04. The monoisotopic (exact) mass is 529 g/mol. The summed E-state index contributed by atoms with van der Waals surface area (Å²) in [4.78, 5) is 34.0. The lowest BCUT2D eigenvalue weighted by molar-refractivity contribution is -0.114. The number of thioether (sulfide) groups is 1. The van der Waals surface area contributed by atoms with Crippen molar-refractivity contribution < 1.29 is 19.1 Å². The Labute approximate surface area is 227 Å². The molecular weight excluding hydrogens is 498 g/mol. The average molecular weight is 530 g/mol. The third kappa shape index (κ3) is 5.42. The summed E-state index contributed by atoms with van der Waals surface area (Å²) in [5, 5.41) is 0. The number of benzene rings is 3. The van der Waals surface area contributed by atoms with Crippen LogP contribution in [0, 0.1) is 0 Å². The normalized spacial score (nSPS) is 16.9. The van der Waals surface area contributed by atoms with Crippen LogP contribution >= 0.6 is 11.8 Å². The maximum absolute atomic E-state index is 13.3. The molecule has 0 unspecified atom stereocenters. The first-order valence-corrected chi connectivity index (χ1v) is 13.4. The molecule has 8 heteroatoms. The van der Waals surface area contributed by atoms with E-state index < -0.39 is 0 Å². The summed E-state index contributed by atoms with van der Waals surface area (Å²) in [5.74, 6) is 1.13. The smallest absolute Gasteiger partial charge is 0.264 e. The van der Waals surface area contributed by atoms with Crippen molar-refractivity contribution in [1.82, 2.24) is 9.80 Å². The van der Waals surface area contributed by atoms with E-state index in [4.69, 9.17) is 9.47 Å². The van der Waals surface area contributed by atoms with E-state index >= 15 is 0 Å². The van der Waals surface area contributed by atoms with Crippen molar-refractivity contribution in [3.8, 4) is 11.5 Å². The lowest BCUT2D eigenvalue weighted by atomic mass is 10.1. The number of ether oxygens (including phenoxy) is 2. The van der Waals surface area contributed by atoms with Gasteiger partial charge in [0.05, 0.1) is 24.8 Å². The van der Waals surface area contributed by atoms with Gasteiger partial charge in [-0.05, 0) is 47.5 Å². The predicted molar refractivity (Wildman–Crippen MR) is 151 cm³/mol. The second-order valence-electron chi connectivity index (χ2n) is 9.33. The van der Waals surface area contributed by atoms with Gasteiger partial charge < -0.3 is 19.3 Å². The highest BCUT2D eigenvalue weighted by Crippen LogP contribution is 2.42. The topological polar surface area (TPSA) is 62.3 Å². The van der Waals surface area contributed by atoms with E-state index in [0.29, 0.717) is 35.1 Å². The average Bonchev–Trinajstić information content (AvgIpc) is 2.96. The van der Waals surface area contributed by atoms with Crippen LogP contribution in [0.2, 0.25) is 0 Å². The molecular formula is C30H31N3O4S. The summed E-state index contributed by atoms with van der Waals surface area (Å²) in [6.07, 6.45) is 1.85. The molecule has 0 atom stereocenters. The van der Waals surface area contributed by atoms with Crippen LogP contribution in [-0.4, -0.2) is 69.1 Å². The SMILES string of the molecule is COc1ccc(C=C2Sc3ccc(C(=O)N4CCN(Cc5ccccc5)CC4)cc3N(C)C2=O)cc1OC. The van der Waals surface area contributed by atoms with Crippen molar-refractivity contribution >= 4 is 35.3 Å². The van der Waals surface area contributed by atoms with Gasteiger partial charge in [0.25, 0.3) is 11.8 Å². The van der Waals surface area contributed by atoms with Crippen molar-refractivity contribution in [2.45, 2.75) is 11.4 Å². The Morgan fingerprint density at radius 1 is 0.921 bits per heavy atom. The van der Waals surface area contributed by atoms with E-state index in [0.717, 1.165) is 35.8 Å². The zero-order chi connectivity index (χ0) is 26.6. The highest BCUT2D eigenvalue weighted by atomic mass is 32.2. The van der Waals surface area contributed by atoms with E-state index in [1.165, 1.54) is 17.3 Å². The Kier molecular flexibility index (Phi) is 7.72. The van der Waals surface area contributed by atoms with Gasteiger partial charge >= 0.3 is 0 Å². The number of carbonyl (C=O) groups excluding carboxylic acids is 2. The molecule has 2 aliphatic rings. The van der Waals surface area contributed by atoms with Crippen LogP contribution in [-0.2, 0) is 11.3 Å². The molecule has 196 valence electrons. The van der Waals surface area contributed by atoms with Gasteiger partial charge in [0.2, 0.25) is 0 Å². The molecule has 1 saturated heterocycles. The quantitative estimate of drug-likeness (QED) is 0.429. The van der Waals surface area contributed by atoms with Crippen LogP contribution in [0.4, 0.5) is 5.69 Å². The number of piperazine rings is 1. The molecule has 3 aromatic rings. The van der Waals surface area contributed by atoms with Crippen LogP contribution in [0.1, 0.15) is 21.5 Å². The zero-order valence-corrected chi connectivity index (χ0v) is 22.7. The molecule has 0 aliphatic carbocycles. The molecule has 2 heterocycles. The van der Waals surface area contributed by atoms with Crippen molar-refractivity contribution in [2.75, 3.05) is 52.3 Å². The molecule has 0 aromatic heterocycles. The summed E-state index contributed by atoms with van der Waals surface area (Å²) >= 11 is 1.41. The minimum Gasteiger partial charge on any atom is -0.493 e. The Morgan fingerprint density at radius 3 is 2.37 bits per heavy atom. The van der Waals surface area contributed by atoms with Crippen molar-refractivity contribution in [1.29, 1.82) is 0 Å². The van der Waals surface area contributed by atoms with Gasteiger partial charge in [-0.3, -0.25) is 14.5 Å². The Balaban J connectivity index is 1.28. The van der Waals surface area contributed by atoms with Crippen LogP contribution in [0.5, 0.6) is 11.5 Å². The third-order valence-corrected chi connectivity index (χ3v) is 7.99. The molecule has 3 aromatic carbocycles. The first-order chi connectivity index (χ1) is 18.5. The molecule has 2 amide bonds. The minimum atomic E-state index is -0.114. The summed E-state index contributed by atoms with van der Waals surface area (Å²) in [7, 11) is 4.93. The number of rotatable bonds is 6. The van der Waals surface area contributed by atoms with Crippen molar-refractivity contribution in [2.24, 2.45) is 0 Å². The zero-order valence-electron chi connectivity index (χ0n) is 21.8. The fourth-order valence-corrected chi connectivity index (χ4v) is 5.85. The predicted octanol–water partition coefficient (Wildman–Crippen LogP) is 4.77. The summed E-state index contributed by atoms with van der Waals surface area (Å²) in [6, 6.07) is 21.6. The number of anilines is 1. The van der Waals surface area contributed by atoms with E-state index in [9.17, 15) is 9.59 Å². The first kappa shape index (κ1) is 25.9. The van der Waals surface area contributed by atoms with Gasteiger partial charge in [-0.15, -0.1) is 0 Å². The van der Waals surface area contributed by atoms with Crippen LogP contribution in [0.25, 0.3) is 6.08 Å². The fraction of sp³-hybridized carbons (Fsp3) is 0.267. The molecule has 0 spiro atoms. The lowest BCUT2D eigenvalue weighted by Crippen LogP contribution is -2.48. The standard InChI is InChI=1S/C30H31N3O4S/c1-31-24-19-23(29(34)33-15-13-32(14-16-33)20-21-7-5-4-6-8-21)10-12-27(24)38-28(30(31)35)18-22-9-11-25(36-2)26(17-22)37-3/h4-12,17-19H,13-16,20H2,1-3H3. The lowest BCUT2D eigenvalue weighted by Gasteiger charge is -2.35. The first-order valence-electron chi connectivity index (χ1n) is 12.6. The minimum absolute atomic E-state index is 0.00433. The second-order valence-corrected chi connectivity index (χ2v) is 10.4. The maximum atomic E-state index is 13.3. The number of likely N-dealkylation sites (N-methyl/N-ethyl adjacent to an activating group) is 1. The van der Waals surface area contributed by atoms with Crippen LogP contribution in [0.15, 0.2) is 76.5 Å². The van der Waals surface area contributed by atoms with Gasteiger partial charge in [0, 0.05) is 50.2 Å². The van der Waals surface area contributed by atoms with Gasteiger partial charge in [-0.25, -0.2) is 0 Å². The largest absolute Gasteiger partial charge is 0.493 e. The molecule has 0 N–H and O–H groups in total. The summed E-state index contributed by atoms with van der Waals surface area (Å²) in [6.45, 7) is 3.94. The van der Waals surface area contributed by atoms with E-state index in [1.54, 1.807) is 26.2 Å². The molecule has 0 bridgehead atoms. The fourth-order valence-electron chi connectivity index (χ4n) is 4.75. The van der Waals surface area contributed by atoms with Crippen molar-refractivity contribution in [3.63, 3.8) is 0 Å². The van der Waals surface area contributed by atoms with E-state index in [-0.39, 0.29) is 11.8 Å². The van der Waals surface area contributed by atoms with Crippen LogP contribution in [0.3, 0.4) is 0 Å². The summed E-state index contributed by atoms with van der Waals surface area (Å²) in [5.41, 5.74) is 3.48.